The third-order valence-electron chi connectivity index (χ3n) is 3.90. The van der Waals surface area contributed by atoms with Crippen molar-refractivity contribution in [1.82, 2.24) is 0 Å². The number of fused-ring (bicyclic) bond motifs is 2. The van der Waals surface area contributed by atoms with Gasteiger partial charge < -0.3 is 9.78 Å². The van der Waals surface area contributed by atoms with E-state index in [0.717, 1.165) is 11.1 Å². The summed E-state index contributed by atoms with van der Waals surface area (Å²) in [4.78, 5) is 33.4. The Morgan fingerprint density at radius 1 is 0.773 bits per heavy atom. The molecular formula is C17H14O5. The lowest BCUT2D eigenvalue weighted by Crippen LogP contribution is -2.42. The van der Waals surface area contributed by atoms with E-state index in [1.165, 1.54) is 0 Å². The zero-order chi connectivity index (χ0) is 14.9. The minimum Gasteiger partial charge on any atom is -0.337 e. The fourth-order valence-electron chi connectivity index (χ4n) is 2.70. The molecule has 2 heterocycles. The second-order valence-electron chi connectivity index (χ2n) is 5.36. The van der Waals surface area contributed by atoms with Gasteiger partial charge in [0.2, 0.25) is 0 Å². The van der Waals surface area contributed by atoms with Crippen molar-refractivity contribution in [2.75, 3.05) is 0 Å². The van der Waals surface area contributed by atoms with Crippen molar-refractivity contribution in [2.45, 2.75) is 25.0 Å². The molecule has 0 spiro atoms. The Morgan fingerprint density at radius 3 is 1.73 bits per heavy atom. The van der Waals surface area contributed by atoms with Crippen LogP contribution in [0.15, 0.2) is 48.5 Å². The van der Waals surface area contributed by atoms with Crippen LogP contribution in [-0.4, -0.2) is 18.0 Å². The molecule has 2 unspecified atom stereocenters. The van der Waals surface area contributed by atoms with Crippen molar-refractivity contribution in [1.29, 1.82) is 0 Å². The van der Waals surface area contributed by atoms with Gasteiger partial charge in [0.05, 0.1) is 0 Å². The molecule has 0 radical (unpaired) electrons. The van der Waals surface area contributed by atoms with Crippen LogP contribution in [0.5, 0.6) is 11.5 Å². The molecule has 2 aliphatic heterocycles. The van der Waals surface area contributed by atoms with Gasteiger partial charge in [-0.15, -0.1) is 0 Å². The number of rotatable bonds is 2. The van der Waals surface area contributed by atoms with Gasteiger partial charge in [-0.3, -0.25) is 4.79 Å². The molecule has 112 valence electrons. The monoisotopic (exact) mass is 298 g/mol. The van der Waals surface area contributed by atoms with Gasteiger partial charge in [-0.25, -0.2) is 0 Å². The fourth-order valence-corrected chi connectivity index (χ4v) is 2.70. The number of ketones is 1. The molecule has 2 aromatic rings. The van der Waals surface area contributed by atoms with E-state index in [1.807, 2.05) is 48.5 Å². The number of benzene rings is 2. The van der Waals surface area contributed by atoms with Gasteiger partial charge in [0.15, 0.2) is 29.5 Å². The maximum atomic E-state index is 12.6. The second kappa shape index (κ2) is 5.44. The van der Waals surface area contributed by atoms with Crippen molar-refractivity contribution < 1.29 is 24.3 Å². The quantitative estimate of drug-likeness (QED) is 0.797. The average molecular weight is 298 g/mol. The summed E-state index contributed by atoms with van der Waals surface area (Å²) in [5.74, 6) is 1.12. The van der Waals surface area contributed by atoms with Gasteiger partial charge in [-0.05, 0) is 12.1 Å². The molecule has 2 atom stereocenters. The first-order valence-corrected chi connectivity index (χ1v) is 7.17. The van der Waals surface area contributed by atoms with E-state index in [0.29, 0.717) is 24.3 Å². The van der Waals surface area contributed by atoms with Crippen LogP contribution in [0, 0.1) is 0 Å². The minimum absolute atomic E-state index is 0.177. The smallest absolute Gasteiger partial charge is 0.199 e. The Morgan fingerprint density at radius 2 is 1.23 bits per heavy atom. The molecule has 4 rings (SSSR count). The van der Waals surface area contributed by atoms with Crippen LogP contribution in [0.1, 0.15) is 11.1 Å². The normalized spacial score (nSPS) is 22.7. The van der Waals surface area contributed by atoms with Crippen molar-refractivity contribution >= 4 is 5.78 Å². The van der Waals surface area contributed by atoms with Crippen LogP contribution in [0.25, 0.3) is 0 Å². The maximum Gasteiger partial charge on any atom is 0.199 e. The highest BCUT2D eigenvalue weighted by Crippen LogP contribution is 2.30. The molecule has 0 amide bonds. The molecule has 2 aliphatic rings. The lowest BCUT2D eigenvalue weighted by molar-refractivity contribution is -0.273. The molecule has 5 nitrogen and oxygen atoms in total. The summed E-state index contributed by atoms with van der Waals surface area (Å²) < 4.78 is 0. The van der Waals surface area contributed by atoms with E-state index in [1.54, 1.807) is 0 Å². The first kappa shape index (κ1) is 13.3. The fraction of sp³-hybridized carbons (Fsp3) is 0.235. The summed E-state index contributed by atoms with van der Waals surface area (Å²) in [5.41, 5.74) is 1.90. The number of carbonyl (C=O) groups excluding carboxylic acids is 1. The van der Waals surface area contributed by atoms with E-state index >= 15 is 0 Å². The lowest BCUT2D eigenvalue weighted by atomic mass is 9.96. The Hall–Kier alpha value is -2.37. The molecule has 2 aromatic carbocycles. The molecule has 22 heavy (non-hydrogen) atoms. The number of carbonyl (C=O) groups is 1. The van der Waals surface area contributed by atoms with Gasteiger partial charge in [0.25, 0.3) is 0 Å². The van der Waals surface area contributed by atoms with Crippen LogP contribution in [0.3, 0.4) is 0 Å². The molecule has 0 N–H and O–H groups in total. The van der Waals surface area contributed by atoms with Crippen LogP contribution in [0.4, 0.5) is 0 Å². The highest BCUT2D eigenvalue weighted by molar-refractivity contribution is 5.88. The van der Waals surface area contributed by atoms with Crippen molar-refractivity contribution in [3.8, 4) is 11.5 Å². The molecule has 5 heteroatoms. The summed E-state index contributed by atoms with van der Waals surface area (Å²) in [7, 11) is 0. The molecule has 0 saturated heterocycles. The third kappa shape index (κ3) is 2.34. The molecule has 0 fully saturated rings. The lowest BCUT2D eigenvalue weighted by Gasteiger charge is -2.28. The van der Waals surface area contributed by atoms with Crippen molar-refractivity contribution in [3.05, 3.63) is 59.7 Å². The number of hydrogen-bond acceptors (Lipinski definition) is 5. The number of hydrogen-bond donors (Lipinski definition) is 0. The van der Waals surface area contributed by atoms with Gasteiger partial charge in [0, 0.05) is 24.0 Å². The highest BCUT2D eigenvalue weighted by Gasteiger charge is 2.36. The third-order valence-corrected chi connectivity index (χ3v) is 3.90. The predicted molar refractivity (Wildman–Crippen MR) is 76.3 cm³/mol. The highest BCUT2D eigenvalue weighted by atomic mass is 17.2. The van der Waals surface area contributed by atoms with Gasteiger partial charge in [-0.2, -0.15) is 9.78 Å². The zero-order valence-electron chi connectivity index (χ0n) is 11.7. The van der Waals surface area contributed by atoms with E-state index in [4.69, 9.17) is 19.6 Å². The van der Waals surface area contributed by atoms with Gasteiger partial charge in [0.1, 0.15) is 0 Å². The molecular weight excluding hydrogens is 284 g/mol. The van der Waals surface area contributed by atoms with Crippen LogP contribution in [0.2, 0.25) is 0 Å². The van der Waals surface area contributed by atoms with Crippen LogP contribution < -0.4 is 9.78 Å². The summed E-state index contributed by atoms with van der Waals surface area (Å²) in [5, 5.41) is 0. The van der Waals surface area contributed by atoms with Crippen molar-refractivity contribution in [2.24, 2.45) is 0 Å². The standard InChI is InChI=1S/C17H14O5/c18-17(15-9-11-5-1-3-7-13(11)19-21-15)16-10-12-6-2-4-8-14(12)20-22-16/h1-8,15-16H,9-10H2. The van der Waals surface area contributed by atoms with Gasteiger partial charge >= 0.3 is 0 Å². The average Bonchev–Trinajstić information content (AvgIpc) is 2.60. The Bertz CT molecular complexity index is 652. The number of Topliss-reactive ketones (excluding diaryl/α,β-unsaturated/α-hetero) is 1. The van der Waals surface area contributed by atoms with Crippen LogP contribution >= 0.6 is 0 Å². The Kier molecular flexibility index (Phi) is 3.29. The van der Waals surface area contributed by atoms with E-state index < -0.39 is 12.2 Å². The minimum atomic E-state index is -0.686. The predicted octanol–water partition coefficient (Wildman–Crippen LogP) is 2.43. The summed E-state index contributed by atoms with van der Waals surface area (Å²) in [6.07, 6.45) is -0.435. The SMILES string of the molecule is O=C(C1Cc2ccccc2OO1)C1Cc2ccccc2OO1. The second-order valence-corrected chi connectivity index (χ2v) is 5.36. The summed E-state index contributed by atoms with van der Waals surface area (Å²) >= 11 is 0. The van der Waals surface area contributed by atoms with E-state index in [9.17, 15) is 4.79 Å². The summed E-state index contributed by atoms with van der Waals surface area (Å²) in [6.45, 7) is 0. The van der Waals surface area contributed by atoms with Gasteiger partial charge in [-0.1, -0.05) is 36.4 Å². The topological polar surface area (TPSA) is 54.0 Å². The maximum absolute atomic E-state index is 12.6. The zero-order valence-corrected chi connectivity index (χ0v) is 11.7. The Balaban J connectivity index is 1.50. The molecule has 0 aliphatic carbocycles. The van der Waals surface area contributed by atoms with Crippen molar-refractivity contribution in [3.63, 3.8) is 0 Å². The molecule has 0 saturated carbocycles. The number of para-hydroxylation sites is 2. The summed E-state index contributed by atoms with van der Waals surface area (Å²) in [6, 6.07) is 15.0. The Labute approximate surface area is 127 Å². The van der Waals surface area contributed by atoms with Crippen LogP contribution in [-0.2, 0) is 27.4 Å². The van der Waals surface area contributed by atoms with E-state index in [2.05, 4.69) is 0 Å². The molecule has 0 aromatic heterocycles. The first-order valence-electron chi connectivity index (χ1n) is 7.17. The van der Waals surface area contributed by atoms with E-state index in [-0.39, 0.29) is 5.78 Å². The first-order chi connectivity index (χ1) is 10.8. The largest absolute Gasteiger partial charge is 0.337 e. The molecule has 0 bridgehead atoms.